The molecule has 0 saturated heterocycles. The molecule has 3 saturated carbocycles. The molecule has 104 valence electrons. The van der Waals surface area contributed by atoms with Crippen LogP contribution in [0.4, 0.5) is 0 Å². The molecular weight excluding hydrogens is 256 g/mol. The number of nitrogens with one attached hydrogen (secondary N) is 1. The number of amides is 1. The van der Waals surface area contributed by atoms with Gasteiger partial charge in [0.2, 0.25) is 0 Å². The molecule has 2 bridgehead atoms. The molecule has 3 aliphatic rings. The largest absolute Gasteiger partial charge is 0.477 e. The Kier molecular flexibility index (Phi) is 2.40. The standard InChI is InChI=1S/C15H16N2O3/c18-14(9-2-1-3-10(16-9)15(19)20)17-13-11-7-4-5-8(6-7)12(11)13/h1-3,7-8,11-13H,4-6H2,(H,17,18)(H,19,20). The highest BCUT2D eigenvalue weighted by Crippen LogP contribution is 2.65. The third kappa shape index (κ3) is 1.65. The molecule has 3 aliphatic carbocycles. The molecule has 4 unspecified atom stereocenters. The van der Waals surface area contributed by atoms with E-state index >= 15 is 0 Å². The van der Waals surface area contributed by atoms with E-state index in [2.05, 4.69) is 10.3 Å². The van der Waals surface area contributed by atoms with Crippen molar-refractivity contribution in [2.75, 3.05) is 0 Å². The molecule has 1 aromatic rings. The maximum absolute atomic E-state index is 12.2. The fraction of sp³-hybridized carbons (Fsp3) is 0.533. The number of pyridine rings is 1. The van der Waals surface area contributed by atoms with Crippen molar-refractivity contribution in [3.05, 3.63) is 29.6 Å². The highest BCUT2D eigenvalue weighted by atomic mass is 16.4. The molecule has 4 atom stereocenters. The summed E-state index contributed by atoms with van der Waals surface area (Å²) >= 11 is 0. The van der Waals surface area contributed by atoms with E-state index in [0.717, 1.165) is 11.8 Å². The van der Waals surface area contributed by atoms with Gasteiger partial charge in [0.25, 0.3) is 5.91 Å². The van der Waals surface area contributed by atoms with Gasteiger partial charge in [-0.3, -0.25) is 4.79 Å². The average Bonchev–Trinajstić information content (AvgIpc) is 2.84. The van der Waals surface area contributed by atoms with Gasteiger partial charge >= 0.3 is 5.97 Å². The Balaban J connectivity index is 1.47. The highest BCUT2D eigenvalue weighted by Gasteiger charge is 2.65. The summed E-state index contributed by atoms with van der Waals surface area (Å²) in [6.45, 7) is 0. The first kappa shape index (κ1) is 11.9. The summed E-state index contributed by atoms with van der Waals surface area (Å²) < 4.78 is 0. The van der Waals surface area contributed by atoms with Gasteiger partial charge in [-0.25, -0.2) is 9.78 Å². The fourth-order valence-electron chi connectivity index (χ4n) is 4.42. The zero-order valence-electron chi connectivity index (χ0n) is 11.0. The van der Waals surface area contributed by atoms with Gasteiger partial charge in [0, 0.05) is 6.04 Å². The van der Waals surface area contributed by atoms with Crippen LogP contribution >= 0.6 is 0 Å². The quantitative estimate of drug-likeness (QED) is 0.875. The van der Waals surface area contributed by atoms with Crippen LogP contribution < -0.4 is 5.32 Å². The summed E-state index contributed by atoms with van der Waals surface area (Å²) in [5.41, 5.74) is 0.107. The molecule has 3 fully saturated rings. The number of carboxylic acid groups (broad SMARTS) is 1. The second-order valence-electron chi connectivity index (χ2n) is 6.20. The van der Waals surface area contributed by atoms with Crippen molar-refractivity contribution in [2.24, 2.45) is 23.7 Å². The van der Waals surface area contributed by atoms with Crippen molar-refractivity contribution in [2.45, 2.75) is 25.3 Å². The van der Waals surface area contributed by atoms with Crippen LogP contribution in [0.25, 0.3) is 0 Å². The first-order valence-electron chi connectivity index (χ1n) is 7.16. The van der Waals surface area contributed by atoms with E-state index in [1.165, 1.54) is 25.3 Å². The first-order valence-corrected chi connectivity index (χ1v) is 7.16. The summed E-state index contributed by atoms with van der Waals surface area (Å²) in [4.78, 5) is 26.9. The van der Waals surface area contributed by atoms with Gasteiger partial charge in [-0.15, -0.1) is 0 Å². The van der Waals surface area contributed by atoms with Crippen LogP contribution in [0.2, 0.25) is 0 Å². The minimum Gasteiger partial charge on any atom is -0.477 e. The molecular formula is C15H16N2O3. The molecule has 0 aromatic carbocycles. The molecule has 1 aromatic heterocycles. The second-order valence-corrected chi connectivity index (χ2v) is 6.20. The number of aromatic carboxylic acids is 1. The minimum atomic E-state index is -1.11. The Morgan fingerprint density at radius 2 is 1.80 bits per heavy atom. The topological polar surface area (TPSA) is 79.3 Å². The number of hydrogen-bond donors (Lipinski definition) is 2. The van der Waals surface area contributed by atoms with Gasteiger partial charge in [0.15, 0.2) is 0 Å². The lowest BCUT2D eigenvalue weighted by Gasteiger charge is -2.10. The van der Waals surface area contributed by atoms with Crippen LogP contribution in [0.3, 0.4) is 0 Å². The van der Waals surface area contributed by atoms with Gasteiger partial charge in [-0.05, 0) is 55.1 Å². The Morgan fingerprint density at radius 3 is 2.45 bits per heavy atom. The summed E-state index contributed by atoms with van der Waals surface area (Å²) in [6, 6.07) is 4.81. The molecule has 0 spiro atoms. The number of hydrogen-bond acceptors (Lipinski definition) is 3. The van der Waals surface area contributed by atoms with Crippen LogP contribution in [0.5, 0.6) is 0 Å². The zero-order valence-corrected chi connectivity index (χ0v) is 11.0. The normalized spacial score (nSPS) is 36.5. The molecule has 1 heterocycles. The van der Waals surface area contributed by atoms with E-state index in [1.807, 2.05) is 0 Å². The Labute approximate surface area is 116 Å². The molecule has 5 heteroatoms. The second kappa shape index (κ2) is 4.04. The van der Waals surface area contributed by atoms with E-state index < -0.39 is 5.97 Å². The van der Waals surface area contributed by atoms with Crippen molar-refractivity contribution < 1.29 is 14.7 Å². The van der Waals surface area contributed by atoms with Crippen molar-refractivity contribution in [1.29, 1.82) is 0 Å². The van der Waals surface area contributed by atoms with Gasteiger partial charge in [0.05, 0.1) is 0 Å². The van der Waals surface area contributed by atoms with Crippen LogP contribution in [0, 0.1) is 23.7 Å². The van der Waals surface area contributed by atoms with E-state index in [0.29, 0.717) is 17.9 Å². The van der Waals surface area contributed by atoms with Crippen molar-refractivity contribution in [1.82, 2.24) is 10.3 Å². The third-order valence-corrected chi connectivity index (χ3v) is 5.23. The zero-order chi connectivity index (χ0) is 13.9. The lowest BCUT2D eigenvalue weighted by molar-refractivity contribution is 0.0690. The minimum absolute atomic E-state index is 0.0892. The van der Waals surface area contributed by atoms with Crippen molar-refractivity contribution in [3.63, 3.8) is 0 Å². The maximum Gasteiger partial charge on any atom is 0.354 e. The lowest BCUT2D eigenvalue weighted by atomic mass is 10.0. The van der Waals surface area contributed by atoms with Crippen LogP contribution in [0.1, 0.15) is 40.2 Å². The molecule has 4 rings (SSSR count). The summed E-state index contributed by atoms with van der Waals surface area (Å²) in [7, 11) is 0. The summed E-state index contributed by atoms with van der Waals surface area (Å²) in [6.07, 6.45) is 3.96. The Hall–Kier alpha value is -1.91. The molecule has 20 heavy (non-hydrogen) atoms. The number of aromatic nitrogens is 1. The number of nitrogens with zero attached hydrogens (tertiary/aromatic N) is 1. The molecule has 1 amide bonds. The number of fused-ring (bicyclic) bond motifs is 5. The predicted octanol–water partition coefficient (Wildman–Crippen LogP) is 1.55. The van der Waals surface area contributed by atoms with Crippen LogP contribution in [-0.2, 0) is 0 Å². The molecule has 2 N–H and O–H groups in total. The van der Waals surface area contributed by atoms with Gasteiger partial charge in [-0.1, -0.05) is 6.07 Å². The molecule has 0 aliphatic heterocycles. The number of rotatable bonds is 3. The van der Waals surface area contributed by atoms with Gasteiger partial charge < -0.3 is 10.4 Å². The van der Waals surface area contributed by atoms with Gasteiger partial charge in [-0.2, -0.15) is 0 Å². The van der Waals surface area contributed by atoms with Crippen molar-refractivity contribution in [3.8, 4) is 0 Å². The number of carboxylic acids is 1. The maximum atomic E-state index is 12.2. The van der Waals surface area contributed by atoms with E-state index in [4.69, 9.17) is 5.11 Å². The monoisotopic (exact) mass is 272 g/mol. The SMILES string of the molecule is O=C(O)c1cccc(C(=O)NC2C3C4CCC(C4)C23)n1. The molecule has 0 radical (unpaired) electrons. The number of carbonyl (C=O) groups is 2. The van der Waals surface area contributed by atoms with E-state index in [1.54, 1.807) is 12.1 Å². The van der Waals surface area contributed by atoms with Crippen LogP contribution in [0.15, 0.2) is 18.2 Å². The predicted molar refractivity (Wildman–Crippen MR) is 70.3 cm³/mol. The first-order chi connectivity index (χ1) is 9.65. The summed E-state index contributed by atoms with van der Waals surface area (Å²) in [5, 5.41) is 11.9. The fourth-order valence-corrected chi connectivity index (χ4v) is 4.42. The highest BCUT2D eigenvalue weighted by molar-refractivity contribution is 5.94. The van der Waals surface area contributed by atoms with E-state index in [-0.39, 0.29) is 17.3 Å². The lowest BCUT2D eigenvalue weighted by Crippen LogP contribution is -2.30. The van der Waals surface area contributed by atoms with Gasteiger partial charge in [0.1, 0.15) is 11.4 Å². The molecule has 5 nitrogen and oxygen atoms in total. The Bertz CT molecular complexity index is 585. The van der Waals surface area contributed by atoms with Crippen molar-refractivity contribution >= 4 is 11.9 Å². The third-order valence-electron chi connectivity index (χ3n) is 5.23. The average molecular weight is 272 g/mol. The number of carbonyl (C=O) groups excluding carboxylic acids is 1. The summed E-state index contributed by atoms with van der Waals surface area (Å²) in [5.74, 6) is 1.58. The van der Waals surface area contributed by atoms with Crippen LogP contribution in [-0.4, -0.2) is 28.0 Å². The smallest absolute Gasteiger partial charge is 0.354 e. The Morgan fingerprint density at radius 1 is 1.15 bits per heavy atom. The van der Waals surface area contributed by atoms with E-state index in [9.17, 15) is 9.59 Å².